The molecule has 1 aliphatic carbocycles. The van der Waals surface area contributed by atoms with E-state index in [2.05, 4.69) is 11.9 Å². The van der Waals surface area contributed by atoms with Crippen LogP contribution < -0.4 is 5.73 Å². The average Bonchev–Trinajstić information content (AvgIpc) is 2.83. The van der Waals surface area contributed by atoms with Gasteiger partial charge in [-0.3, -0.25) is 9.69 Å². The van der Waals surface area contributed by atoms with Gasteiger partial charge in [-0.15, -0.1) is 0 Å². The Morgan fingerprint density at radius 1 is 1.24 bits per heavy atom. The summed E-state index contributed by atoms with van der Waals surface area (Å²) in [6, 6.07) is 0.940. The van der Waals surface area contributed by atoms with Crippen LogP contribution in [-0.4, -0.2) is 54.5 Å². The van der Waals surface area contributed by atoms with E-state index in [1.165, 1.54) is 12.8 Å². The van der Waals surface area contributed by atoms with Gasteiger partial charge in [-0.05, 0) is 45.6 Å². The van der Waals surface area contributed by atoms with E-state index in [1.54, 1.807) is 0 Å². The number of likely N-dealkylation sites (N-methyl/N-ethyl adjacent to an activating group) is 1. The molecule has 4 nitrogen and oxygen atoms in total. The molecule has 2 N–H and O–H groups in total. The van der Waals surface area contributed by atoms with Crippen molar-refractivity contribution < 1.29 is 4.79 Å². The second kappa shape index (κ2) is 5.83. The fourth-order valence-corrected chi connectivity index (χ4v) is 2.95. The van der Waals surface area contributed by atoms with Gasteiger partial charge in [0.1, 0.15) is 0 Å². The molecule has 0 bridgehead atoms. The highest BCUT2D eigenvalue weighted by Gasteiger charge is 2.25. The molecule has 0 radical (unpaired) electrons. The minimum absolute atomic E-state index is 0.305. The fraction of sp³-hybridized carbons (Fsp3) is 0.923. The topological polar surface area (TPSA) is 49.6 Å². The minimum Gasteiger partial charge on any atom is -0.342 e. The Labute approximate surface area is 104 Å². The van der Waals surface area contributed by atoms with Crippen molar-refractivity contribution in [3.05, 3.63) is 0 Å². The zero-order chi connectivity index (χ0) is 12.3. The van der Waals surface area contributed by atoms with Gasteiger partial charge >= 0.3 is 0 Å². The van der Waals surface area contributed by atoms with Gasteiger partial charge in [-0.2, -0.15) is 0 Å². The molecule has 0 spiro atoms. The average molecular weight is 239 g/mol. The third-order valence-corrected chi connectivity index (χ3v) is 4.21. The first-order valence-corrected chi connectivity index (χ1v) is 6.90. The van der Waals surface area contributed by atoms with Gasteiger partial charge in [0.2, 0.25) is 5.91 Å². The lowest BCUT2D eigenvalue weighted by atomic mass is 9.91. The summed E-state index contributed by atoms with van der Waals surface area (Å²) in [4.78, 5) is 16.3. The predicted octanol–water partition coefficient (Wildman–Crippen LogP) is 0.811. The maximum Gasteiger partial charge on any atom is 0.236 e. The Hall–Kier alpha value is -0.610. The van der Waals surface area contributed by atoms with Crippen LogP contribution in [0.2, 0.25) is 0 Å². The molecule has 17 heavy (non-hydrogen) atoms. The highest BCUT2D eigenvalue weighted by atomic mass is 16.2. The maximum atomic E-state index is 12.0. The number of likely N-dealkylation sites (tertiary alicyclic amines) is 1. The van der Waals surface area contributed by atoms with Crippen LogP contribution in [0.5, 0.6) is 0 Å². The molecule has 1 heterocycles. The Kier molecular flexibility index (Phi) is 4.40. The second-order valence-electron chi connectivity index (χ2n) is 5.57. The smallest absolute Gasteiger partial charge is 0.236 e. The lowest BCUT2D eigenvalue weighted by Crippen LogP contribution is -2.44. The van der Waals surface area contributed by atoms with E-state index < -0.39 is 0 Å². The highest BCUT2D eigenvalue weighted by Crippen LogP contribution is 2.21. The van der Waals surface area contributed by atoms with Gasteiger partial charge in [0.25, 0.3) is 0 Å². The first-order chi connectivity index (χ1) is 8.16. The van der Waals surface area contributed by atoms with E-state index in [-0.39, 0.29) is 0 Å². The second-order valence-corrected chi connectivity index (χ2v) is 5.57. The summed E-state index contributed by atoms with van der Waals surface area (Å²) in [5, 5.41) is 0. The van der Waals surface area contributed by atoms with Crippen molar-refractivity contribution in [1.29, 1.82) is 0 Å². The van der Waals surface area contributed by atoms with Gasteiger partial charge in [0.15, 0.2) is 0 Å². The largest absolute Gasteiger partial charge is 0.342 e. The van der Waals surface area contributed by atoms with E-state index in [0.717, 1.165) is 38.8 Å². The molecule has 98 valence electrons. The maximum absolute atomic E-state index is 12.0. The number of nitrogens with zero attached hydrogens (tertiary/aromatic N) is 2. The molecule has 1 amide bonds. The molecule has 4 heteroatoms. The van der Waals surface area contributed by atoms with E-state index in [4.69, 9.17) is 5.73 Å². The van der Waals surface area contributed by atoms with Crippen LogP contribution >= 0.6 is 0 Å². The zero-order valence-electron chi connectivity index (χ0n) is 10.9. The van der Waals surface area contributed by atoms with Crippen LogP contribution in [0.1, 0.15) is 38.5 Å². The van der Waals surface area contributed by atoms with Crippen LogP contribution in [-0.2, 0) is 4.79 Å². The van der Waals surface area contributed by atoms with Crippen molar-refractivity contribution in [2.75, 3.05) is 26.7 Å². The van der Waals surface area contributed by atoms with Crippen LogP contribution in [0, 0.1) is 0 Å². The van der Waals surface area contributed by atoms with Crippen LogP contribution in [0.3, 0.4) is 0 Å². The molecule has 2 rings (SSSR count). The molecule has 2 fully saturated rings. The van der Waals surface area contributed by atoms with Crippen molar-refractivity contribution in [3.63, 3.8) is 0 Å². The normalized spacial score (nSPS) is 29.9. The minimum atomic E-state index is 0.305. The Bertz CT molecular complexity index is 255. The van der Waals surface area contributed by atoms with E-state index in [0.29, 0.717) is 24.5 Å². The summed E-state index contributed by atoms with van der Waals surface area (Å²) < 4.78 is 0. The van der Waals surface area contributed by atoms with Crippen LogP contribution in [0.25, 0.3) is 0 Å². The van der Waals surface area contributed by atoms with E-state index in [9.17, 15) is 4.79 Å². The van der Waals surface area contributed by atoms with Crippen LogP contribution in [0.15, 0.2) is 0 Å². The summed E-state index contributed by atoms with van der Waals surface area (Å²) in [5.41, 5.74) is 5.90. The van der Waals surface area contributed by atoms with Crippen molar-refractivity contribution in [2.45, 2.75) is 50.6 Å². The number of hydrogen-bond acceptors (Lipinski definition) is 3. The summed E-state index contributed by atoms with van der Waals surface area (Å²) in [6.07, 6.45) is 6.84. The third kappa shape index (κ3) is 3.42. The molecule has 1 saturated carbocycles. The first kappa shape index (κ1) is 12.8. The number of carbonyl (C=O) groups excluding carboxylic acids is 1. The summed E-state index contributed by atoms with van der Waals surface area (Å²) in [6.45, 7) is 2.50. The van der Waals surface area contributed by atoms with Crippen LogP contribution in [0.4, 0.5) is 0 Å². The first-order valence-electron chi connectivity index (χ1n) is 6.90. The monoisotopic (exact) mass is 239 g/mol. The standard InChI is InChI=1S/C13H25N3O/c1-15(12-6-4-11(14)5-7-12)10-13(17)16-8-2-3-9-16/h11-12H,2-10,14H2,1H3/t11-,12-. The molecule has 0 atom stereocenters. The SMILES string of the molecule is CN(CC(=O)N1CCCC1)[C@H]1CC[C@H](N)CC1. The van der Waals surface area contributed by atoms with Gasteiger partial charge in [-0.25, -0.2) is 0 Å². The number of hydrogen-bond donors (Lipinski definition) is 1. The molecule has 0 aromatic carbocycles. The number of rotatable bonds is 3. The summed E-state index contributed by atoms with van der Waals surface area (Å²) >= 11 is 0. The van der Waals surface area contributed by atoms with Crippen molar-refractivity contribution >= 4 is 5.91 Å². The van der Waals surface area contributed by atoms with Gasteiger partial charge in [0.05, 0.1) is 6.54 Å². The van der Waals surface area contributed by atoms with Crippen molar-refractivity contribution in [2.24, 2.45) is 5.73 Å². The van der Waals surface area contributed by atoms with Crippen molar-refractivity contribution in [1.82, 2.24) is 9.80 Å². The summed E-state index contributed by atoms with van der Waals surface area (Å²) in [7, 11) is 2.08. The molecular weight excluding hydrogens is 214 g/mol. The lowest BCUT2D eigenvalue weighted by Gasteiger charge is -2.33. The van der Waals surface area contributed by atoms with E-state index >= 15 is 0 Å². The fourth-order valence-electron chi connectivity index (χ4n) is 2.95. The molecule has 1 aliphatic heterocycles. The molecule has 0 aromatic rings. The predicted molar refractivity (Wildman–Crippen MR) is 68.7 cm³/mol. The van der Waals surface area contributed by atoms with E-state index in [1.807, 2.05) is 4.90 Å². The zero-order valence-corrected chi connectivity index (χ0v) is 10.9. The molecule has 1 saturated heterocycles. The van der Waals surface area contributed by atoms with Crippen molar-refractivity contribution in [3.8, 4) is 0 Å². The van der Waals surface area contributed by atoms with Gasteiger partial charge in [0, 0.05) is 25.2 Å². The van der Waals surface area contributed by atoms with Gasteiger partial charge < -0.3 is 10.6 Å². The Morgan fingerprint density at radius 3 is 2.41 bits per heavy atom. The molecular formula is C13H25N3O. The van der Waals surface area contributed by atoms with Gasteiger partial charge in [-0.1, -0.05) is 0 Å². The number of nitrogens with two attached hydrogens (primary N) is 1. The molecule has 0 unspecified atom stereocenters. The Morgan fingerprint density at radius 2 is 1.82 bits per heavy atom. The Balaban J connectivity index is 1.76. The summed E-state index contributed by atoms with van der Waals surface area (Å²) in [5.74, 6) is 0.305. The quantitative estimate of drug-likeness (QED) is 0.793. The number of carbonyl (C=O) groups is 1. The molecule has 0 aromatic heterocycles. The lowest BCUT2D eigenvalue weighted by molar-refractivity contribution is -0.131. The molecule has 2 aliphatic rings. The highest BCUT2D eigenvalue weighted by molar-refractivity contribution is 5.78. The third-order valence-electron chi connectivity index (χ3n) is 4.21. The number of amides is 1.